The quantitative estimate of drug-likeness (QED) is 0.785. The van der Waals surface area contributed by atoms with Gasteiger partial charge in [0.25, 0.3) is 0 Å². The number of carbonyl (C=O) groups excluding carboxylic acids is 2. The lowest BCUT2D eigenvalue weighted by Gasteiger charge is -2.29. The first-order valence-corrected chi connectivity index (χ1v) is 8.73. The van der Waals surface area contributed by atoms with Gasteiger partial charge in [0.2, 0.25) is 11.8 Å². The number of methoxy groups -OCH3 is 1. The van der Waals surface area contributed by atoms with Crippen molar-refractivity contribution in [2.75, 3.05) is 38.0 Å². The third-order valence-corrected chi connectivity index (χ3v) is 4.33. The van der Waals surface area contributed by atoms with Gasteiger partial charge in [0.15, 0.2) is 0 Å². The zero-order valence-corrected chi connectivity index (χ0v) is 15.8. The maximum absolute atomic E-state index is 12.3. The number of anilines is 2. The van der Waals surface area contributed by atoms with Crippen LogP contribution in [0.25, 0.3) is 0 Å². The first-order chi connectivity index (χ1) is 11.8. The maximum Gasteiger partial charge on any atom is 0.249 e. The highest BCUT2D eigenvalue weighted by atomic mass is 16.5. The van der Waals surface area contributed by atoms with E-state index in [-0.39, 0.29) is 30.4 Å². The Morgan fingerprint density at radius 1 is 1.28 bits per heavy atom. The average molecular weight is 347 g/mol. The predicted octanol–water partition coefficient (Wildman–Crippen LogP) is 2.48. The number of hydrogen-bond acceptors (Lipinski definition) is 4. The van der Waals surface area contributed by atoms with Crippen molar-refractivity contribution in [1.29, 1.82) is 0 Å². The first-order valence-electron chi connectivity index (χ1n) is 8.73. The van der Waals surface area contributed by atoms with E-state index >= 15 is 0 Å². The second kappa shape index (κ2) is 8.34. The van der Waals surface area contributed by atoms with E-state index in [1.807, 2.05) is 51.0 Å². The Bertz CT molecular complexity index is 624. The molecule has 0 aromatic heterocycles. The molecule has 1 aliphatic carbocycles. The molecule has 0 atom stereocenters. The summed E-state index contributed by atoms with van der Waals surface area (Å²) < 4.78 is 5.00. The number of rotatable bonds is 8. The van der Waals surface area contributed by atoms with E-state index in [0.717, 1.165) is 29.8 Å². The summed E-state index contributed by atoms with van der Waals surface area (Å²) in [6.07, 6.45) is 1.95. The van der Waals surface area contributed by atoms with E-state index in [1.54, 1.807) is 4.90 Å². The topological polar surface area (TPSA) is 61.9 Å². The molecule has 0 radical (unpaired) electrons. The lowest BCUT2D eigenvalue weighted by atomic mass is 10.1. The van der Waals surface area contributed by atoms with E-state index in [4.69, 9.17) is 4.74 Å². The summed E-state index contributed by atoms with van der Waals surface area (Å²) in [4.78, 5) is 28.2. The van der Waals surface area contributed by atoms with Gasteiger partial charge in [-0.25, -0.2) is 0 Å². The summed E-state index contributed by atoms with van der Waals surface area (Å²) in [6, 6.07) is 5.92. The molecular formula is C19H29N3O3. The molecule has 0 unspecified atom stereocenters. The Balaban J connectivity index is 2.24. The first kappa shape index (κ1) is 19.2. The summed E-state index contributed by atoms with van der Waals surface area (Å²) in [7, 11) is 5.46. The van der Waals surface area contributed by atoms with Crippen LogP contribution in [0.15, 0.2) is 18.2 Å². The molecule has 2 amide bonds. The molecule has 0 saturated heterocycles. The maximum atomic E-state index is 12.3. The number of carbonyl (C=O) groups is 2. The minimum absolute atomic E-state index is 0.0466. The van der Waals surface area contributed by atoms with Crippen LogP contribution < -0.4 is 10.2 Å². The average Bonchev–Trinajstić information content (AvgIpc) is 3.37. The van der Waals surface area contributed by atoms with E-state index in [1.165, 1.54) is 7.11 Å². The molecule has 25 heavy (non-hydrogen) atoms. The van der Waals surface area contributed by atoms with Gasteiger partial charge in [-0.1, -0.05) is 0 Å². The Morgan fingerprint density at radius 3 is 2.48 bits per heavy atom. The van der Waals surface area contributed by atoms with Gasteiger partial charge >= 0.3 is 0 Å². The molecule has 1 saturated carbocycles. The lowest BCUT2D eigenvalue weighted by Crippen LogP contribution is -2.39. The Morgan fingerprint density at radius 2 is 1.96 bits per heavy atom. The van der Waals surface area contributed by atoms with Crippen molar-refractivity contribution in [2.24, 2.45) is 5.92 Å². The molecule has 1 aromatic rings. The van der Waals surface area contributed by atoms with Crippen molar-refractivity contribution in [2.45, 2.75) is 39.3 Å². The number of ether oxygens (including phenoxy) is 1. The Hall–Kier alpha value is -2.08. The highest BCUT2D eigenvalue weighted by molar-refractivity contribution is 5.94. The summed E-state index contributed by atoms with van der Waals surface area (Å²) in [6.45, 7) is 4.51. The van der Waals surface area contributed by atoms with Crippen LogP contribution in [0.1, 0.15) is 32.3 Å². The fourth-order valence-corrected chi connectivity index (χ4v) is 2.76. The molecule has 6 heteroatoms. The molecule has 6 nitrogen and oxygen atoms in total. The van der Waals surface area contributed by atoms with Crippen molar-refractivity contribution >= 4 is 23.2 Å². The van der Waals surface area contributed by atoms with Crippen LogP contribution >= 0.6 is 0 Å². The molecule has 1 aliphatic rings. The van der Waals surface area contributed by atoms with Crippen LogP contribution in [-0.2, 0) is 20.9 Å². The van der Waals surface area contributed by atoms with E-state index in [9.17, 15) is 9.59 Å². The number of benzene rings is 1. The lowest BCUT2D eigenvalue weighted by molar-refractivity contribution is -0.137. The number of amides is 2. The fraction of sp³-hybridized carbons (Fsp3) is 0.579. The standard InChI is InChI=1S/C19H29N3O3/c1-13(2)22(18(23)12-25-5)11-15-10-16(8-9-17(15)21(3)4)20-19(24)14-6-7-14/h8-10,13-14H,6-7,11-12H2,1-5H3,(H,20,24). The Labute approximate surface area is 150 Å². The van der Waals surface area contributed by atoms with Crippen LogP contribution in [0.5, 0.6) is 0 Å². The molecule has 2 rings (SSSR count). The minimum atomic E-state index is -0.0466. The normalized spacial score (nSPS) is 13.7. The summed E-state index contributed by atoms with van der Waals surface area (Å²) in [5.74, 6) is 0.196. The molecule has 1 fully saturated rings. The highest BCUT2D eigenvalue weighted by Crippen LogP contribution is 2.31. The summed E-state index contributed by atoms with van der Waals surface area (Å²) >= 11 is 0. The molecule has 0 aliphatic heterocycles. The number of hydrogen-bond donors (Lipinski definition) is 1. The van der Waals surface area contributed by atoms with Crippen molar-refractivity contribution < 1.29 is 14.3 Å². The molecule has 1 aromatic carbocycles. The smallest absolute Gasteiger partial charge is 0.249 e. The van der Waals surface area contributed by atoms with Crippen LogP contribution in [-0.4, -0.2) is 50.6 Å². The van der Waals surface area contributed by atoms with Crippen LogP contribution in [0.2, 0.25) is 0 Å². The van der Waals surface area contributed by atoms with Crippen LogP contribution in [0.4, 0.5) is 11.4 Å². The SMILES string of the molecule is COCC(=O)N(Cc1cc(NC(=O)C2CC2)ccc1N(C)C)C(C)C. The Kier molecular flexibility index (Phi) is 6.42. The van der Waals surface area contributed by atoms with E-state index < -0.39 is 0 Å². The highest BCUT2D eigenvalue weighted by Gasteiger charge is 2.29. The number of nitrogens with zero attached hydrogens (tertiary/aromatic N) is 2. The van der Waals surface area contributed by atoms with Crippen molar-refractivity contribution in [3.05, 3.63) is 23.8 Å². The second-order valence-corrected chi connectivity index (χ2v) is 7.05. The van der Waals surface area contributed by atoms with Gasteiger partial charge in [0, 0.05) is 51.1 Å². The largest absolute Gasteiger partial charge is 0.377 e. The van der Waals surface area contributed by atoms with Crippen molar-refractivity contribution in [3.63, 3.8) is 0 Å². The van der Waals surface area contributed by atoms with Gasteiger partial charge in [-0.05, 0) is 50.5 Å². The fourth-order valence-electron chi connectivity index (χ4n) is 2.76. The van der Waals surface area contributed by atoms with Gasteiger partial charge < -0.3 is 19.9 Å². The van der Waals surface area contributed by atoms with Gasteiger partial charge in [0.05, 0.1) is 0 Å². The molecule has 0 bridgehead atoms. The van der Waals surface area contributed by atoms with Crippen LogP contribution in [0.3, 0.4) is 0 Å². The molecule has 0 heterocycles. The minimum Gasteiger partial charge on any atom is -0.377 e. The molecular weight excluding hydrogens is 318 g/mol. The number of nitrogens with one attached hydrogen (secondary N) is 1. The van der Waals surface area contributed by atoms with Gasteiger partial charge in [0.1, 0.15) is 6.61 Å². The molecule has 138 valence electrons. The van der Waals surface area contributed by atoms with Crippen molar-refractivity contribution in [3.8, 4) is 0 Å². The second-order valence-electron chi connectivity index (χ2n) is 7.05. The van der Waals surface area contributed by atoms with Gasteiger partial charge in [-0.3, -0.25) is 9.59 Å². The molecule has 0 spiro atoms. The van der Waals surface area contributed by atoms with Gasteiger partial charge in [-0.2, -0.15) is 0 Å². The van der Waals surface area contributed by atoms with E-state index in [0.29, 0.717) is 6.54 Å². The third-order valence-electron chi connectivity index (χ3n) is 4.33. The van der Waals surface area contributed by atoms with E-state index in [2.05, 4.69) is 5.32 Å². The third kappa shape index (κ3) is 5.19. The predicted molar refractivity (Wildman–Crippen MR) is 99.7 cm³/mol. The van der Waals surface area contributed by atoms with Gasteiger partial charge in [-0.15, -0.1) is 0 Å². The molecule has 1 N–H and O–H groups in total. The zero-order valence-electron chi connectivity index (χ0n) is 15.8. The summed E-state index contributed by atoms with van der Waals surface area (Å²) in [5.41, 5.74) is 2.80. The van der Waals surface area contributed by atoms with Crippen LogP contribution in [0, 0.1) is 5.92 Å². The van der Waals surface area contributed by atoms with Crippen molar-refractivity contribution in [1.82, 2.24) is 4.90 Å². The monoisotopic (exact) mass is 347 g/mol. The summed E-state index contributed by atoms with van der Waals surface area (Å²) in [5, 5.41) is 2.98. The zero-order chi connectivity index (χ0) is 18.6.